The molecule has 3 heteroatoms. The van der Waals surface area contributed by atoms with Crippen LogP contribution in [-0.2, 0) is 0 Å². The molecule has 0 bridgehead atoms. The van der Waals surface area contributed by atoms with E-state index >= 15 is 0 Å². The third-order valence-electron chi connectivity index (χ3n) is 4.44. The lowest BCUT2D eigenvalue weighted by Gasteiger charge is -2.13. The number of hydrogen-bond donors (Lipinski definition) is 1. The smallest absolute Gasteiger partial charge is 0.123 e. The maximum atomic E-state index is 13.4. The van der Waals surface area contributed by atoms with Gasteiger partial charge >= 0.3 is 0 Å². The van der Waals surface area contributed by atoms with Crippen LogP contribution in [0.3, 0.4) is 0 Å². The first kappa shape index (κ1) is 10.6. The minimum atomic E-state index is -0.137. The number of rotatable bonds is 2. The van der Waals surface area contributed by atoms with Gasteiger partial charge in [0.05, 0.1) is 0 Å². The maximum Gasteiger partial charge on any atom is 0.123 e. The standard InChI is InChI=1S/C15H17FN2/c16-10-3-4-14-11(7-10)13(9-17-14)12-8-15(12)18-5-1-2-6-18/h3-4,7,9,12,15,17H,1-2,5-6,8H2. The number of hydrogen-bond acceptors (Lipinski definition) is 1. The van der Waals surface area contributed by atoms with Crippen molar-refractivity contribution in [3.05, 3.63) is 35.8 Å². The Labute approximate surface area is 106 Å². The average Bonchev–Trinajstić information content (AvgIpc) is 2.83. The van der Waals surface area contributed by atoms with Gasteiger partial charge in [0.2, 0.25) is 0 Å². The lowest BCUT2D eigenvalue weighted by Crippen LogP contribution is -2.22. The van der Waals surface area contributed by atoms with E-state index in [9.17, 15) is 4.39 Å². The Bertz CT molecular complexity index is 583. The predicted octanol–water partition coefficient (Wildman–Crippen LogP) is 3.26. The number of fused-ring (bicyclic) bond motifs is 1. The van der Waals surface area contributed by atoms with Crippen LogP contribution in [0.15, 0.2) is 24.4 Å². The van der Waals surface area contributed by atoms with Gasteiger partial charge in [-0.25, -0.2) is 4.39 Å². The number of aromatic nitrogens is 1. The summed E-state index contributed by atoms with van der Waals surface area (Å²) < 4.78 is 13.4. The fraction of sp³-hybridized carbons (Fsp3) is 0.467. The third-order valence-corrected chi connectivity index (χ3v) is 4.44. The number of H-pyrrole nitrogens is 1. The Balaban J connectivity index is 1.65. The SMILES string of the molecule is Fc1ccc2[nH]cc(C3CC3N3CCCC3)c2c1. The average molecular weight is 244 g/mol. The third kappa shape index (κ3) is 1.57. The highest BCUT2D eigenvalue weighted by Gasteiger charge is 2.44. The highest BCUT2D eigenvalue weighted by Crippen LogP contribution is 2.47. The van der Waals surface area contributed by atoms with Crippen LogP contribution in [0.5, 0.6) is 0 Å². The van der Waals surface area contributed by atoms with Crippen molar-refractivity contribution in [3.8, 4) is 0 Å². The van der Waals surface area contributed by atoms with Crippen LogP contribution < -0.4 is 0 Å². The van der Waals surface area contributed by atoms with Crippen molar-refractivity contribution in [3.63, 3.8) is 0 Å². The second kappa shape index (κ2) is 3.82. The highest BCUT2D eigenvalue weighted by molar-refractivity contribution is 5.84. The first-order valence-electron chi connectivity index (χ1n) is 6.83. The van der Waals surface area contributed by atoms with Crippen LogP contribution in [0.4, 0.5) is 4.39 Å². The zero-order valence-electron chi connectivity index (χ0n) is 10.3. The molecule has 1 aromatic carbocycles. The Morgan fingerprint density at radius 2 is 2.06 bits per heavy atom. The Morgan fingerprint density at radius 1 is 1.22 bits per heavy atom. The van der Waals surface area contributed by atoms with Gasteiger partial charge < -0.3 is 4.98 Å². The number of benzene rings is 1. The molecule has 2 unspecified atom stereocenters. The summed E-state index contributed by atoms with van der Waals surface area (Å²) in [4.78, 5) is 5.86. The molecule has 2 nitrogen and oxygen atoms in total. The number of nitrogens with zero attached hydrogens (tertiary/aromatic N) is 1. The van der Waals surface area contributed by atoms with Crippen LogP contribution in [-0.4, -0.2) is 29.0 Å². The van der Waals surface area contributed by atoms with Crippen LogP contribution in [0, 0.1) is 5.82 Å². The second-order valence-electron chi connectivity index (χ2n) is 5.59. The molecule has 0 amide bonds. The topological polar surface area (TPSA) is 19.0 Å². The zero-order chi connectivity index (χ0) is 12.1. The molecule has 1 saturated heterocycles. The summed E-state index contributed by atoms with van der Waals surface area (Å²) in [5.41, 5.74) is 2.36. The van der Waals surface area contributed by atoms with Gasteiger partial charge in [-0.1, -0.05) is 0 Å². The van der Waals surface area contributed by atoms with Gasteiger partial charge in [-0.2, -0.15) is 0 Å². The van der Waals surface area contributed by atoms with Crippen molar-refractivity contribution >= 4 is 10.9 Å². The van der Waals surface area contributed by atoms with E-state index in [1.165, 1.54) is 44.0 Å². The molecule has 1 aliphatic heterocycles. The molecule has 1 aromatic heterocycles. The van der Waals surface area contributed by atoms with E-state index in [-0.39, 0.29) is 5.82 Å². The molecule has 0 radical (unpaired) electrons. The highest BCUT2D eigenvalue weighted by atomic mass is 19.1. The van der Waals surface area contributed by atoms with E-state index in [0.717, 1.165) is 10.9 Å². The summed E-state index contributed by atoms with van der Waals surface area (Å²) in [6.45, 7) is 2.50. The van der Waals surface area contributed by atoms with Crippen molar-refractivity contribution in [1.29, 1.82) is 0 Å². The molecule has 2 aromatic rings. The van der Waals surface area contributed by atoms with Crippen LogP contribution in [0.2, 0.25) is 0 Å². The number of halogens is 1. The van der Waals surface area contributed by atoms with Crippen molar-refractivity contribution in [2.45, 2.75) is 31.2 Å². The van der Waals surface area contributed by atoms with Crippen LogP contribution in [0.1, 0.15) is 30.7 Å². The van der Waals surface area contributed by atoms with Gasteiger partial charge in [-0.15, -0.1) is 0 Å². The van der Waals surface area contributed by atoms with E-state index in [2.05, 4.69) is 16.1 Å². The van der Waals surface area contributed by atoms with Crippen molar-refractivity contribution in [1.82, 2.24) is 9.88 Å². The molecule has 1 saturated carbocycles. The number of aromatic amines is 1. The predicted molar refractivity (Wildman–Crippen MR) is 70.2 cm³/mol. The molecule has 18 heavy (non-hydrogen) atoms. The van der Waals surface area contributed by atoms with Crippen LogP contribution in [0.25, 0.3) is 10.9 Å². The van der Waals surface area contributed by atoms with Crippen molar-refractivity contribution in [2.75, 3.05) is 13.1 Å². The maximum absolute atomic E-state index is 13.4. The van der Waals surface area contributed by atoms with Crippen LogP contribution >= 0.6 is 0 Å². The first-order chi connectivity index (χ1) is 8.83. The summed E-state index contributed by atoms with van der Waals surface area (Å²) in [6, 6.07) is 5.73. The van der Waals surface area contributed by atoms with Gasteiger partial charge in [0.15, 0.2) is 0 Å². The molecular formula is C15H17FN2. The number of nitrogens with one attached hydrogen (secondary N) is 1. The minimum Gasteiger partial charge on any atom is -0.361 e. The molecule has 2 heterocycles. The summed E-state index contributed by atoms with van der Waals surface area (Å²) >= 11 is 0. The lowest BCUT2D eigenvalue weighted by atomic mass is 10.1. The van der Waals surface area contributed by atoms with E-state index < -0.39 is 0 Å². The van der Waals surface area contributed by atoms with E-state index in [1.807, 2.05) is 6.07 Å². The number of likely N-dealkylation sites (tertiary alicyclic amines) is 1. The monoisotopic (exact) mass is 244 g/mol. The molecule has 1 N–H and O–H groups in total. The largest absolute Gasteiger partial charge is 0.361 e. The Hall–Kier alpha value is -1.35. The van der Waals surface area contributed by atoms with Crippen molar-refractivity contribution < 1.29 is 4.39 Å². The van der Waals surface area contributed by atoms with Gasteiger partial charge in [0, 0.05) is 29.1 Å². The van der Waals surface area contributed by atoms with Crippen molar-refractivity contribution in [2.24, 2.45) is 0 Å². The zero-order valence-corrected chi connectivity index (χ0v) is 10.3. The first-order valence-corrected chi connectivity index (χ1v) is 6.83. The molecule has 2 aliphatic rings. The summed E-state index contributed by atoms with van der Waals surface area (Å²) in [5, 5.41) is 1.07. The van der Waals surface area contributed by atoms with Gasteiger partial charge in [-0.05, 0) is 56.1 Å². The van der Waals surface area contributed by atoms with E-state index in [1.54, 1.807) is 6.07 Å². The summed E-state index contributed by atoms with van der Waals surface area (Å²) in [6.07, 6.45) is 5.99. The van der Waals surface area contributed by atoms with E-state index in [0.29, 0.717) is 12.0 Å². The second-order valence-corrected chi connectivity index (χ2v) is 5.59. The molecule has 1 aliphatic carbocycles. The summed E-state index contributed by atoms with van der Waals surface area (Å²) in [7, 11) is 0. The fourth-order valence-corrected chi connectivity index (χ4v) is 3.41. The fourth-order valence-electron chi connectivity index (χ4n) is 3.41. The minimum absolute atomic E-state index is 0.137. The molecule has 4 rings (SSSR count). The van der Waals surface area contributed by atoms with Gasteiger partial charge in [-0.3, -0.25) is 4.90 Å². The molecule has 94 valence electrons. The molecule has 0 spiro atoms. The normalized spacial score (nSPS) is 28.1. The molecule has 2 fully saturated rings. The van der Waals surface area contributed by atoms with E-state index in [4.69, 9.17) is 0 Å². The quantitative estimate of drug-likeness (QED) is 0.859. The Morgan fingerprint density at radius 3 is 2.89 bits per heavy atom. The summed E-state index contributed by atoms with van der Waals surface area (Å²) in [5.74, 6) is 0.473. The van der Waals surface area contributed by atoms with Gasteiger partial charge in [0.1, 0.15) is 5.82 Å². The Kier molecular flexibility index (Phi) is 2.24. The molecular weight excluding hydrogens is 227 g/mol. The van der Waals surface area contributed by atoms with Gasteiger partial charge in [0.25, 0.3) is 0 Å². The lowest BCUT2D eigenvalue weighted by molar-refractivity contribution is 0.323. The molecule has 2 atom stereocenters.